The molecule has 1 unspecified atom stereocenters. The molecule has 0 saturated carbocycles. The van der Waals surface area contributed by atoms with Crippen LogP contribution in [-0.2, 0) is 6.42 Å². The van der Waals surface area contributed by atoms with Crippen LogP contribution >= 0.6 is 34.7 Å². The van der Waals surface area contributed by atoms with Gasteiger partial charge in [0.1, 0.15) is 5.51 Å². The first kappa shape index (κ1) is 13.8. The summed E-state index contributed by atoms with van der Waals surface area (Å²) in [5.41, 5.74) is 8.92. The molecule has 1 aromatic heterocycles. The molecule has 2 N–H and O–H groups in total. The highest BCUT2D eigenvalue weighted by molar-refractivity contribution is 8.01. The van der Waals surface area contributed by atoms with Crippen molar-refractivity contribution in [3.05, 3.63) is 34.3 Å². The molecular weight excluding hydrogens is 286 g/mol. The highest BCUT2D eigenvalue weighted by atomic mass is 35.5. The predicted octanol–water partition coefficient (Wildman–Crippen LogP) is 3.62. The van der Waals surface area contributed by atoms with Crippen molar-refractivity contribution < 1.29 is 0 Å². The second-order valence-electron chi connectivity index (χ2n) is 3.91. The minimum atomic E-state index is 0.164. The quantitative estimate of drug-likeness (QED) is 0.916. The van der Waals surface area contributed by atoms with Crippen LogP contribution < -0.4 is 5.73 Å². The van der Waals surface area contributed by atoms with Gasteiger partial charge in [-0.15, -0.1) is 10.2 Å². The first-order chi connectivity index (χ1) is 8.70. The van der Waals surface area contributed by atoms with E-state index in [1.165, 1.54) is 16.9 Å². The third kappa shape index (κ3) is 3.45. The van der Waals surface area contributed by atoms with Crippen LogP contribution in [-0.4, -0.2) is 16.2 Å². The first-order valence-corrected chi connectivity index (χ1v) is 7.75. The van der Waals surface area contributed by atoms with Crippen molar-refractivity contribution in [2.75, 3.05) is 0 Å². The molecule has 2 rings (SSSR count). The zero-order valence-corrected chi connectivity index (χ0v) is 12.4. The van der Waals surface area contributed by atoms with Crippen LogP contribution in [0.2, 0.25) is 5.02 Å². The lowest BCUT2D eigenvalue weighted by molar-refractivity contribution is 0.641. The van der Waals surface area contributed by atoms with Gasteiger partial charge in [-0.3, -0.25) is 0 Å². The van der Waals surface area contributed by atoms with Gasteiger partial charge in [-0.25, -0.2) is 0 Å². The van der Waals surface area contributed by atoms with E-state index in [1.807, 2.05) is 12.1 Å². The van der Waals surface area contributed by atoms with E-state index in [0.717, 1.165) is 27.1 Å². The Morgan fingerprint density at radius 3 is 3.00 bits per heavy atom. The number of nitrogens with zero attached hydrogens (tertiary/aromatic N) is 2. The molecule has 0 aliphatic rings. The van der Waals surface area contributed by atoms with Gasteiger partial charge in [-0.1, -0.05) is 53.8 Å². The fraction of sp³-hybridized carbons (Fsp3) is 0.333. The standard InChI is InChI=1S/C12H14ClN3S2/c1-2-9(14)6-8-4-3-5-10(13)11(8)18-12-16-15-7-17-12/h3-5,7,9H,2,6,14H2,1H3. The molecule has 18 heavy (non-hydrogen) atoms. The highest BCUT2D eigenvalue weighted by Gasteiger charge is 2.12. The van der Waals surface area contributed by atoms with E-state index in [9.17, 15) is 0 Å². The molecule has 0 fully saturated rings. The molecule has 1 atom stereocenters. The molecule has 0 radical (unpaired) electrons. The van der Waals surface area contributed by atoms with Gasteiger partial charge in [0.2, 0.25) is 0 Å². The summed E-state index contributed by atoms with van der Waals surface area (Å²) in [6.07, 6.45) is 1.79. The van der Waals surface area contributed by atoms with Gasteiger partial charge in [0.15, 0.2) is 4.34 Å². The topological polar surface area (TPSA) is 51.8 Å². The average molecular weight is 300 g/mol. The molecule has 0 aliphatic carbocycles. The molecule has 0 saturated heterocycles. The highest BCUT2D eigenvalue weighted by Crippen LogP contribution is 2.37. The van der Waals surface area contributed by atoms with E-state index in [4.69, 9.17) is 17.3 Å². The zero-order chi connectivity index (χ0) is 13.0. The Morgan fingerprint density at radius 1 is 1.50 bits per heavy atom. The van der Waals surface area contributed by atoms with Gasteiger partial charge in [0, 0.05) is 10.9 Å². The summed E-state index contributed by atoms with van der Waals surface area (Å²) in [5.74, 6) is 0. The summed E-state index contributed by atoms with van der Waals surface area (Å²) < 4.78 is 0.898. The second-order valence-corrected chi connectivity index (χ2v) is 6.41. The predicted molar refractivity (Wildman–Crippen MR) is 77.5 cm³/mol. The maximum Gasteiger partial charge on any atom is 0.178 e. The molecule has 0 bridgehead atoms. The van der Waals surface area contributed by atoms with E-state index in [0.29, 0.717) is 0 Å². The van der Waals surface area contributed by atoms with Crippen molar-refractivity contribution in [2.45, 2.75) is 35.0 Å². The van der Waals surface area contributed by atoms with Gasteiger partial charge < -0.3 is 5.73 Å². The van der Waals surface area contributed by atoms with Crippen molar-refractivity contribution in [2.24, 2.45) is 5.73 Å². The van der Waals surface area contributed by atoms with Crippen molar-refractivity contribution in [3.8, 4) is 0 Å². The number of hydrogen-bond acceptors (Lipinski definition) is 5. The van der Waals surface area contributed by atoms with Crippen LogP contribution in [0.1, 0.15) is 18.9 Å². The van der Waals surface area contributed by atoms with Gasteiger partial charge in [0.05, 0.1) is 5.02 Å². The van der Waals surface area contributed by atoms with Crippen LogP contribution in [0.15, 0.2) is 32.9 Å². The minimum Gasteiger partial charge on any atom is -0.327 e. The first-order valence-electron chi connectivity index (χ1n) is 5.67. The lowest BCUT2D eigenvalue weighted by Gasteiger charge is -2.13. The van der Waals surface area contributed by atoms with Gasteiger partial charge in [0.25, 0.3) is 0 Å². The van der Waals surface area contributed by atoms with Gasteiger partial charge >= 0.3 is 0 Å². The largest absolute Gasteiger partial charge is 0.327 e. The summed E-state index contributed by atoms with van der Waals surface area (Å²) in [7, 11) is 0. The van der Waals surface area contributed by atoms with E-state index in [-0.39, 0.29) is 6.04 Å². The molecule has 0 aliphatic heterocycles. The number of rotatable bonds is 5. The SMILES string of the molecule is CCC(N)Cc1cccc(Cl)c1Sc1nncs1. The molecule has 1 aromatic carbocycles. The van der Waals surface area contributed by atoms with Crippen molar-refractivity contribution in [3.63, 3.8) is 0 Å². The Kier molecular flexibility index (Phi) is 5.00. The monoisotopic (exact) mass is 299 g/mol. The van der Waals surface area contributed by atoms with E-state index >= 15 is 0 Å². The summed E-state index contributed by atoms with van der Waals surface area (Å²) in [4.78, 5) is 1.04. The summed E-state index contributed by atoms with van der Waals surface area (Å²) in [6.45, 7) is 2.09. The Balaban J connectivity index is 2.26. The number of benzene rings is 1. The Hall–Kier alpha value is -0.620. The third-order valence-electron chi connectivity index (χ3n) is 2.58. The minimum absolute atomic E-state index is 0.164. The smallest absolute Gasteiger partial charge is 0.178 e. The van der Waals surface area contributed by atoms with Crippen LogP contribution in [0, 0.1) is 0 Å². The molecule has 0 amide bonds. The lowest BCUT2D eigenvalue weighted by atomic mass is 10.0. The molecule has 0 spiro atoms. The Bertz CT molecular complexity index is 502. The van der Waals surface area contributed by atoms with Crippen molar-refractivity contribution in [1.82, 2.24) is 10.2 Å². The van der Waals surface area contributed by atoms with Crippen LogP contribution in [0.5, 0.6) is 0 Å². The van der Waals surface area contributed by atoms with E-state index in [2.05, 4.69) is 23.2 Å². The van der Waals surface area contributed by atoms with Crippen LogP contribution in [0.25, 0.3) is 0 Å². The number of hydrogen-bond donors (Lipinski definition) is 1. The molecule has 6 heteroatoms. The molecule has 3 nitrogen and oxygen atoms in total. The number of nitrogens with two attached hydrogens (primary N) is 1. The van der Waals surface area contributed by atoms with E-state index < -0.39 is 0 Å². The molecule has 2 aromatic rings. The van der Waals surface area contributed by atoms with Crippen molar-refractivity contribution in [1.29, 1.82) is 0 Å². The number of aromatic nitrogens is 2. The summed E-state index contributed by atoms with van der Waals surface area (Å²) in [5, 5.41) is 8.62. The second kappa shape index (κ2) is 6.52. The van der Waals surface area contributed by atoms with Gasteiger partial charge in [-0.05, 0) is 24.5 Å². The Morgan fingerprint density at radius 2 is 2.33 bits per heavy atom. The fourth-order valence-electron chi connectivity index (χ4n) is 1.55. The normalized spacial score (nSPS) is 12.6. The molecule has 96 valence electrons. The molecule has 1 heterocycles. The van der Waals surface area contributed by atoms with Crippen LogP contribution in [0.4, 0.5) is 0 Å². The zero-order valence-electron chi connectivity index (χ0n) is 9.97. The molecular formula is C12H14ClN3S2. The number of halogens is 1. The van der Waals surface area contributed by atoms with E-state index in [1.54, 1.807) is 17.3 Å². The summed E-state index contributed by atoms with van der Waals surface area (Å²) in [6, 6.07) is 6.10. The maximum absolute atomic E-state index is 6.27. The van der Waals surface area contributed by atoms with Gasteiger partial charge in [-0.2, -0.15) is 0 Å². The maximum atomic E-state index is 6.27. The Labute approximate surface area is 120 Å². The summed E-state index contributed by atoms with van der Waals surface area (Å²) >= 11 is 9.34. The van der Waals surface area contributed by atoms with Crippen molar-refractivity contribution >= 4 is 34.7 Å². The fourth-order valence-corrected chi connectivity index (χ4v) is 3.42. The van der Waals surface area contributed by atoms with Crippen LogP contribution in [0.3, 0.4) is 0 Å². The average Bonchev–Trinajstić information content (AvgIpc) is 2.86. The lowest BCUT2D eigenvalue weighted by Crippen LogP contribution is -2.21. The third-order valence-corrected chi connectivity index (χ3v) is 4.98.